The van der Waals surface area contributed by atoms with Gasteiger partial charge in [0.05, 0.1) is 6.67 Å². The largest absolute Gasteiger partial charge is 0.385 e. The van der Waals surface area contributed by atoms with Crippen molar-refractivity contribution >= 4 is 5.69 Å². The molecule has 0 fully saturated rings. The van der Waals surface area contributed by atoms with Crippen LogP contribution in [0.4, 0.5) is 14.5 Å². The molecule has 1 aromatic rings. The Balaban J connectivity index is 2.59. The summed E-state index contributed by atoms with van der Waals surface area (Å²) < 4.78 is 24.5. The fourth-order valence-corrected chi connectivity index (χ4v) is 1.07. The van der Waals surface area contributed by atoms with E-state index in [9.17, 15) is 8.78 Å². The van der Waals surface area contributed by atoms with Crippen molar-refractivity contribution in [3.8, 4) is 0 Å². The maximum absolute atomic E-state index is 12.7. The summed E-state index contributed by atoms with van der Waals surface area (Å²) in [6.07, 6.45) is 0.454. The van der Waals surface area contributed by atoms with E-state index in [0.29, 0.717) is 13.0 Å². The summed E-state index contributed by atoms with van der Waals surface area (Å²) in [5.41, 5.74) is 1.72. The monoisotopic (exact) mass is 185 g/mol. The van der Waals surface area contributed by atoms with Gasteiger partial charge in [-0.3, -0.25) is 4.39 Å². The zero-order chi connectivity index (χ0) is 9.68. The second-order valence-corrected chi connectivity index (χ2v) is 2.93. The van der Waals surface area contributed by atoms with Gasteiger partial charge in [0, 0.05) is 12.2 Å². The van der Waals surface area contributed by atoms with Gasteiger partial charge < -0.3 is 5.32 Å². The number of hydrogen-bond acceptors (Lipinski definition) is 1. The average molecular weight is 185 g/mol. The minimum absolute atomic E-state index is 0.270. The molecule has 72 valence electrons. The van der Waals surface area contributed by atoms with Crippen LogP contribution in [0.3, 0.4) is 0 Å². The molecule has 1 rings (SSSR count). The van der Waals surface area contributed by atoms with Crippen LogP contribution in [0.2, 0.25) is 0 Å². The Kier molecular flexibility index (Phi) is 3.68. The zero-order valence-corrected chi connectivity index (χ0v) is 7.61. The van der Waals surface area contributed by atoms with Crippen LogP contribution in [0, 0.1) is 12.7 Å². The average Bonchev–Trinajstić information content (AvgIpc) is 2.11. The Morgan fingerprint density at radius 2 is 2.15 bits per heavy atom. The molecule has 3 heteroatoms. The Morgan fingerprint density at radius 3 is 2.85 bits per heavy atom. The quantitative estimate of drug-likeness (QED) is 0.711. The summed E-state index contributed by atoms with van der Waals surface area (Å²) in [5, 5.41) is 2.97. The maximum atomic E-state index is 12.7. The lowest BCUT2D eigenvalue weighted by atomic mass is 10.2. The third kappa shape index (κ3) is 3.01. The smallest absolute Gasteiger partial charge is 0.125 e. The van der Waals surface area contributed by atoms with E-state index in [-0.39, 0.29) is 12.5 Å². The minimum atomic E-state index is -0.346. The van der Waals surface area contributed by atoms with E-state index in [4.69, 9.17) is 0 Å². The van der Waals surface area contributed by atoms with E-state index >= 15 is 0 Å². The topological polar surface area (TPSA) is 12.0 Å². The molecule has 0 aliphatic heterocycles. The molecule has 0 aromatic heterocycles. The molecule has 0 unspecified atom stereocenters. The lowest BCUT2D eigenvalue weighted by Crippen LogP contribution is -2.03. The van der Waals surface area contributed by atoms with Crippen molar-refractivity contribution in [2.45, 2.75) is 13.3 Å². The molecular formula is C10H13F2N. The highest BCUT2D eigenvalue weighted by molar-refractivity contribution is 5.50. The van der Waals surface area contributed by atoms with Crippen LogP contribution in [0.25, 0.3) is 0 Å². The van der Waals surface area contributed by atoms with E-state index in [1.54, 1.807) is 6.07 Å². The summed E-state index contributed by atoms with van der Waals surface area (Å²) in [5.74, 6) is -0.270. The molecule has 1 aromatic carbocycles. The predicted molar refractivity (Wildman–Crippen MR) is 50.2 cm³/mol. The number of nitrogens with one attached hydrogen (secondary N) is 1. The third-order valence-corrected chi connectivity index (χ3v) is 1.83. The van der Waals surface area contributed by atoms with E-state index in [1.165, 1.54) is 12.1 Å². The molecule has 0 spiro atoms. The molecular weight excluding hydrogens is 172 g/mol. The number of rotatable bonds is 4. The molecule has 0 saturated heterocycles. The Hall–Kier alpha value is -1.12. The minimum Gasteiger partial charge on any atom is -0.385 e. The van der Waals surface area contributed by atoms with Gasteiger partial charge in [-0.25, -0.2) is 4.39 Å². The predicted octanol–water partition coefficient (Wildman–Crippen LogP) is 2.91. The normalized spacial score (nSPS) is 10.1. The molecule has 0 aliphatic rings. The molecule has 1 nitrogen and oxygen atoms in total. The first-order valence-corrected chi connectivity index (χ1v) is 4.30. The maximum Gasteiger partial charge on any atom is 0.125 e. The molecule has 13 heavy (non-hydrogen) atoms. The van der Waals surface area contributed by atoms with Gasteiger partial charge in [-0.1, -0.05) is 6.07 Å². The summed E-state index contributed by atoms with van der Waals surface area (Å²) in [7, 11) is 0. The van der Waals surface area contributed by atoms with E-state index < -0.39 is 0 Å². The van der Waals surface area contributed by atoms with Gasteiger partial charge in [0.2, 0.25) is 0 Å². The van der Waals surface area contributed by atoms with Crippen LogP contribution in [0.5, 0.6) is 0 Å². The lowest BCUT2D eigenvalue weighted by molar-refractivity contribution is 0.481. The van der Waals surface area contributed by atoms with Gasteiger partial charge in [-0.15, -0.1) is 0 Å². The number of benzene rings is 1. The van der Waals surface area contributed by atoms with Crippen LogP contribution in [-0.4, -0.2) is 13.2 Å². The molecule has 0 amide bonds. The number of alkyl halides is 1. The summed E-state index contributed by atoms with van der Waals surface area (Å²) in [4.78, 5) is 0. The van der Waals surface area contributed by atoms with E-state index in [2.05, 4.69) is 5.32 Å². The molecule has 0 radical (unpaired) electrons. The first-order chi connectivity index (χ1) is 6.24. The van der Waals surface area contributed by atoms with Crippen molar-refractivity contribution < 1.29 is 8.78 Å². The lowest BCUT2D eigenvalue weighted by Gasteiger charge is -2.07. The van der Waals surface area contributed by atoms with Gasteiger partial charge in [0.25, 0.3) is 0 Å². The number of halogens is 2. The van der Waals surface area contributed by atoms with Crippen molar-refractivity contribution in [1.82, 2.24) is 0 Å². The molecule has 0 aliphatic carbocycles. The van der Waals surface area contributed by atoms with Gasteiger partial charge in [0.1, 0.15) is 5.82 Å². The van der Waals surface area contributed by atoms with E-state index in [0.717, 1.165) is 11.3 Å². The fourth-order valence-electron chi connectivity index (χ4n) is 1.07. The number of hydrogen-bond donors (Lipinski definition) is 1. The van der Waals surface area contributed by atoms with Gasteiger partial charge in [-0.05, 0) is 31.0 Å². The first kappa shape index (κ1) is 9.96. The molecule has 0 bridgehead atoms. The Morgan fingerprint density at radius 1 is 1.38 bits per heavy atom. The highest BCUT2D eigenvalue weighted by Crippen LogP contribution is 2.15. The number of aryl methyl sites for hydroxylation is 1. The van der Waals surface area contributed by atoms with Crippen LogP contribution >= 0.6 is 0 Å². The second kappa shape index (κ2) is 4.80. The Bertz CT molecular complexity index is 274. The highest BCUT2D eigenvalue weighted by atomic mass is 19.1. The molecule has 0 saturated carbocycles. The van der Waals surface area contributed by atoms with Crippen LogP contribution in [-0.2, 0) is 0 Å². The summed E-state index contributed by atoms with van der Waals surface area (Å²) in [6.45, 7) is 2.08. The second-order valence-electron chi connectivity index (χ2n) is 2.93. The van der Waals surface area contributed by atoms with Crippen LogP contribution < -0.4 is 5.32 Å². The van der Waals surface area contributed by atoms with Crippen LogP contribution in [0.15, 0.2) is 18.2 Å². The van der Waals surface area contributed by atoms with Crippen molar-refractivity contribution in [3.63, 3.8) is 0 Å². The Labute approximate surface area is 76.8 Å². The van der Waals surface area contributed by atoms with Gasteiger partial charge in [0.15, 0.2) is 0 Å². The summed E-state index contributed by atoms with van der Waals surface area (Å²) in [6, 6.07) is 4.54. The number of anilines is 1. The molecule has 1 N–H and O–H groups in total. The molecule has 0 heterocycles. The van der Waals surface area contributed by atoms with Crippen molar-refractivity contribution in [1.29, 1.82) is 0 Å². The van der Waals surface area contributed by atoms with Gasteiger partial charge >= 0.3 is 0 Å². The van der Waals surface area contributed by atoms with Crippen molar-refractivity contribution in [2.24, 2.45) is 0 Å². The summed E-state index contributed by atoms with van der Waals surface area (Å²) >= 11 is 0. The standard InChI is InChI=1S/C10H13F2N/c1-8-3-4-9(12)7-10(8)13-6-2-5-11/h3-4,7,13H,2,5-6H2,1H3. The SMILES string of the molecule is Cc1ccc(F)cc1NCCCF. The highest BCUT2D eigenvalue weighted by Gasteiger charge is 1.98. The van der Waals surface area contributed by atoms with Crippen molar-refractivity contribution in [3.05, 3.63) is 29.6 Å². The zero-order valence-electron chi connectivity index (χ0n) is 7.61. The van der Waals surface area contributed by atoms with Crippen molar-refractivity contribution in [2.75, 3.05) is 18.5 Å². The fraction of sp³-hybridized carbons (Fsp3) is 0.400. The molecule has 0 atom stereocenters. The third-order valence-electron chi connectivity index (χ3n) is 1.83. The van der Waals surface area contributed by atoms with Crippen LogP contribution in [0.1, 0.15) is 12.0 Å². The first-order valence-electron chi connectivity index (χ1n) is 4.30. The van der Waals surface area contributed by atoms with E-state index in [1.807, 2.05) is 6.92 Å². The van der Waals surface area contributed by atoms with Gasteiger partial charge in [-0.2, -0.15) is 0 Å².